The molecule has 2 aliphatic rings. The van der Waals surface area contributed by atoms with Crippen LogP contribution in [0.15, 0.2) is 24.3 Å². The summed E-state index contributed by atoms with van der Waals surface area (Å²) in [5.74, 6) is 1.28. The van der Waals surface area contributed by atoms with Gasteiger partial charge < -0.3 is 5.73 Å². The number of benzene rings is 1. The van der Waals surface area contributed by atoms with Crippen molar-refractivity contribution < 1.29 is 8.42 Å². The number of rotatable bonds is 7. The Kier molecular flexibility index (Phi) is 3.73. The molecule has 110 valence electrons. The molecular formula is C15H22N2O2S. The Morgan fingerprint density at radius 3 is 1.95 bits per heavy atom. The predicted molar refractivity (Wildman–Crippen MR) is 80.5 cm³/mol. The number of hydrogen-bond acceptors (Lipinski definition) is 3. The molecule has 2 aliphatic carbocycles. The van der Waals surface area contributed by atoms with E-state index in [1.807, 2.05) is 0 Å². The lowest BCUT2D eigenvalue weighted by Crippen LogP contribution is -2.35. The molecule has 2 fully saturated rings. The highest BCUT2D eigenvalue weighted by atomic mass is 32.2. The molecule has 4 nitrogen and oxygen atoms in total. The summed E-state index contributed by atoms with van der Waals surface area (Å²) in [4.78, 5) is 0. The lowest BCUT2D eigenvalue weighted by molar-refractivity contribution is 0.381. The predicted octanol–water partition coefficient (Wildman–Crippen LogP) is 2.22. The zero-order valence-corrected chi connectivity index (χ0v) is 12.5. The molecule has 0 atom stereocenters. The third-order valence-corrected chi connectivity index (χ3v) is 5.82. The van der Waals surface area contributed by atoms with E-state index in [1.54, 1.807) is 28.6 Å². The Hall–Kier alpha value is -1.07. The first-order valence-corrected chi connectivity index (χ1v) is 8.96. The van der Waals surface area contributed by atoms with E-state index in [4.69, 9.17) is 5.73 Å². The van der Waals surface area contributed by atoms with Crippen LogP contribution in [-0.2, 0) is 15.8 Å². The van der Waals surface area contributed by atoms with E-state index in [0.717, 1.165) is 5.56 Å². The summed E-state index contributed by atoms with van der Waals surface area (Å²) in [5.41, 5.74) is 7.12. The van der Waals surface area contributed by atoms with Gasteiger partial charge in [-0.2, -0.15) is 0 Å². The number of anilines is 1. The molecule has 0 heterocycles. The molecule has 0 amide bonds. The first-order valence-electron chi connectivity index (χ1n) is 7.35. The maximum absolute atomic E-state index is 12.6. The van der Waals surface area contributed by atoms with E-state index in [-0.39, 0.29) is 5.75 Å². The smallest absolute Gasteiger partial charge is 0.218 e. The third kappa shape index (κ3) is 3.73. The average molecular weight is 294 g/mol. The van der Waals surface area contributed by atoms with Crippen molar-refractivity contribution in [3.8, 4) is 0 Å². The molecule has 0 bridgehead atoms. The van der Waals surface area contributed by atoms with Gasteiger partial charge in [0.2, 0.25) is 10.0 Å². The van der Waals surface area contributed by atoms with Crippen LogP contribution in [0.2, 0.25) is 0 Å². The van der Waals surface area contributed by atoms with Crippen molar-refractivity contribution in [3.05, 3.63) is 29.8 Å². The highest BCUT2D eigenvalue weighted by Gasteiger charge is 2.34. The number of nitrogen functional groups attached to an aromatic ring is 1. The molecule has 1 aromatic carbocycles. The van der Waals surface area contributed by atoms with E-state index in [1.165, 1.54) is 25.7 Å². The van der Waals surface area contributed by atoms with Gasteiger partial charge in [0.1, 0.15) is 0 Å². The Morgan fingerprint density at radius 1 is 1.00 bits per heavy atom. The summed E-state index contributed by atoms with van der Waals surface area (Å²) in [5, 5.41) is 0. The quantitative estimate of drug-likeness (QED) is 0.784. The SMILES string of the molecule is Nc1ccc(CS(=O)(=O)N(CC2CC2)CC2CC2)cc1. The molecule has 20 heavy (non-hydrogen) atoms. The first kappa shape index (κ1) is 13.9. The van der Waals surface area contributed by atoms with Crippen LogP contribution in [0.1, 0.15) is 31.2 Å². The van der Waals surface area contributed by atoms with E-state index >= 15 is 0 Å². The highest BCUT2D eigenvalue weighted by Crippen LogP contribution is 2.35. The molecule has 0 saturated heterocycles. The molecule has 3 rings (SSSR count). The summed E-state index contributed by atoms with van der Waals surface area (Å²) in [7, 11) is -3.21. The Morgan fingerprint density at radius 2 is 1.50 bits per heavy atom. The summed E-state index contributed by atoms with van der Waals surface area (Å²) in [6.45, 7) is 1.43. The van der Waals surface area contributed by atoms with Crippen molar-refractivity contribution in [2.24, 2.45) is 11.8 Å². The maximum Gasteiger partial charge on any atom is 0.218 e. The van der Waals surface area contributed by atoms with E-state index < -0.39 is 10.0 Å². The molecule has 1 aromatic rings. The fourth-order valence-electron chi connectivity index (χ4n) is 2.39. The number of sulfonamides is 1. The lowest BCUT2D eigenvalue weighted by Gasteiger charge is -2.22. The Bertz CT molecular complexity index is 546. The van der Waals surface area contributed by atoms with E-state index in [9.17, 15) is 8.42 Å². The molecule has 0 radical (unpaired) electrons. The summed E-state index contributed by atoms with van der Waals surface area (Å²) < 4.78 is 26.9. The third-order valence-electron chi connectivity index (χ3n) is 4.04. The van der Waals surface area contributed by atoms with Gasteiger partial charge >= 0.3 is 0 Å². The summed E-state index contributed by atoms with van der Waals surface area (Å²) in [6.07, 6.45) is 4.72. The molecular weight excluding hydrogens is 272 g/mol. The summed E-state index contributed by atoms with van der Waals surface area (Å²) in [6, 6.07) is 7.13. The number of hydrogen-bond donors (Lipinski definition) is 1. The fraction of sp³-hybridized carbons (Fsp3) is 0.600. The van der Waals surface area contributed by atoms with Crippen LogP contribution < -0.4 is 5.73 Å². The van der Waals surface area contributed by atoms with Crippen LogP contribution in [0.3, 0.4) is 0 Å². The van der Waals surface area contributed by atoms with Crippen molar-refractivity contribution in [2.45, 2.75) is 31.4 Å². The molecule has 2 N–H and O–H groups in total. The molecule has 2 saturated carbocycles. The van der Waals surface area contributed by atoms with Crippen molar-refractivity contribution in [2.75, 3.05) is 18.8 Å². The second-order valence-electron chi connectivity index (χ2n) is 6.20. The second kappa shape index (κ2) is 5.37. The lowest BCUT2D eigenvalue weighted by atomic mass is 10.2. The zero-order valence-electron chi connectivity index (χ0n) is 11.7. The average Bonchev–Trinajstić information content (AvgIpc) is 3.25. The minimum atomic E-state index is -3.21. The zero-order chi connectivity index (χ0) is 14.2. The monoisotopic (exact) mass is 294 g/mol. The van der Waals surface area contributed by atoms with Gasteiger partial charge in [0.25, 0.3) is 0 Å². The van der Waals surface area contributed by atoms with E-state index in [2.05, 4.69) is 0 Å². The van der Waals surface area contributed by atoms with Gasteiger partial charge in [0, 0.05) is 18.8 Å². The van der Waals surface area contributed by atoms with Gasteiger partial charge in [-0.15, -0.1) is 0 Å². The Labute approximate surface area is 121 Å². The standard InChI is InChI=1S/C15H22N2O2S/c16-15-7-5-14(6-8-15)11-20(18,19)17(9-12-1-2-12)10-13-3-4-13/h5-8,12-13H,1-4,9-11,16H2. The maximum atomic E-state index is 12.6. The van der Waals surface area contributed by atoms with Gasteiger partial charge in [0.05, 0.1) is 5.75 Å². The van der Waals surface area contributed by atoms with Gasteiger partial charge in [-0.05, 0) is 55.2 Å². The van der Waals surface area contributed by atoms with Crippen molar-refractivity contribution in [1.29, 1.82) is 0 Å². The van der Waals surface area contributed by atoms with E-state index in [0.29, 0.717) is 30.6 Å². The molecule has 0 spiro atoms. The normalized spacial score (nSPS) is 19.4. The minimum absolute atomic E-state index is 0.0900. The second-order valence-corrected chi connectivity index (χ2v) is 8.17. The van der Waals surface area contributed by atoms with Crippen LogP contribution in [0.5, 0.6) is 0 Å². The van der Waals surface area contributed by atoms with Crippen LogP contribution in [-0.4, -0.2) is 25.8 Å². The number of nitrogens with zero attached hydrogens (tertiary/aromatic N) is 1. The molecule has 5 heteroatoms. The minimum Gasteiger partial charge on any atom is -0.399 e. The summed E-state index contributed by atoms with van der Waals surface area (Å²) >= 11 is 0. The number of nitrogens with two attached hydrogens (primary N) is 1. The van der Waals surface area contributed by atoms with Gasteiger partial charge in [-0.1, -0.05) is 12.1 Å². The van der Waals surface area contributed by atoms with Crippen LogP contribution in [0.25, 0.3) is 0 Å². The van der Waals surface area contributed by atoms with Crippen LogP contribution in [0, 0.1) is 11.8 Å². The molecule has 0 aromatic heterocycles. The van der Waals surface area contributed by atoms with Gasteiger partial charge in [0.15, 0.2) is 0 Å². The fourth-order valence-corrected chi connectivity index (χ4v) is 4.07. The van der Waals surface area contributed by atoms with Crippen molar-refractivity contribution in [1.82, 2.24) is 4.31 Å². The Balaban J connectivity index is 1.70. The van der Waals surface area contributed by atoms with Gasteiger partial charge in [-0.3, -0.25) is 0 Å². The van der Waals surface area contributed by atoms with Gasteiger partial charge in [-0.25, -0.2) is 12.7 Å². The first-order chi connectivity index (χ1) is 9.53. The largest absolute Gasteiger partial charge is 0.399 e. The molecule has 0 aliphatic heterocycles. The van der Waals surface area contributed by atoms with Crippen molar-refractivity contribution >= 4 is 15.7 Å². The highest BCUT2D eigenvalue weighted by molar-refractivity contribution is 7.88. The molecule has 0 unspecified atom stereocenters. The van der Waals surface area contributed by atoms with Crippen molar-refractivity contribution in [3.63, 3.8) is 0 Å². The van der Waals surface area contributed by atoms with Crippen LogP contribution >= 0.6 is 0 Å². The topological polar surface area (TPSA) is 63.4 Å². The van der Waals surface area contributed by atoms with Crippen LogP contribution in [0.4, 0.5) is 5.69 Å².